The standard InChI is InChI=1S/C37H37N5S/c1-7-26(22-38-23-27-14-11-10-12-15-27)21-28(8-2)25(6)20-30-31(9-3)41-42-36(30)37-39-32-17-13-16-29(35(32)40-37)34-19-18-33(43-34)24(4)5/h7-21,38,41H,1,4,6,22-23H2,2-3,5H3,(H,39,40)/b26-21+,28-8+,30-20+,31-9+. The van der Waals surface area contributed by atoms with E-state index in [0.717, 1.165) is 66.6 Å². The first-order chi connectivity index (χ1) is 20.9. The van der Waals surface area contributed by atoms with Crippen LogP contribution in [-0.4, -0.2) is 26.7 Å². The molecule has 0 aliphatic rings. The lowest BCUT2D eigenvalue weighted by Gasteiger charge is -2.08. The highest BCUT2D eigenvalue weighted by Crippen LogP contribution is 2.35. The number of imidazole rings is 1. The Morgan fingerprint density at radius 1 is 1.02 bits per heavy atom. The SMILES string of the molecule is C=C/C(=C\C(=C/C)C(=C)/C=c1/c(-c2nc3c(-c4ccc(C(=C)C)s4)cccc3[nH]2)n[nH]/c1=C/C)CNCc1ccccc1. The molecule has 0 aliphatic heterocycles. The maximum atomic E-state index is 5.05. The molecule has 3 N–H and O–H groups in total. The van der Waals surface area contributed by atoms with Crippen molar-refractivity contribution in [2.45, 2.75) is 27.3 Å². The minimum absolute atomic E-state index is 0.702. The van der Waals surface area contributed by atoms with Crippen molar-refractivity contribution in [3.8, 4) is 22.0 Å². The molecule has 5 aromatic rings. The van der Waals surface area contributed by atoms with Gasteiger partial charge in [0.25, 0.3) is 0 Å². The lowest BCUT2D eigenvalue weighted by atomic mass is 10.0. The van der Waals surface area contributed by atoms with Crippen LogP contribution in [0.2, 0.25) is 0 Å². The predicted molar refractivity (Wildman–Crippen MR) is 185 cm³/mol. The van der Waals surface area contributed by atoms with Crippen molar-refractivity contribution in [3.63, 3.8) is 0 Å². The number of nitrogens with one attached hydrogen (secondary N) is 3. The van der Waals surface area contributed by atoms with E-state index in [-0.39, 0.29) is 0 Å². The molecule has 216 valence electrons. The van der Waals surface area contributed by atoms with E-state index in [0.29, 0.717) is 12.4 Å². The van der Waals surface area contributed by atoms with E-state index < -0.39 is 0 Å². The lowest BCUT2D eigenvalue weighted by molar-refractivity contribution is 0.747. The van der Waals surface area contributed by atoms with Crippen LogP contribution in [0.25, 0.3) is 50.7 Å². The number of nitrogens with zero attached hydrogens (tertiary/aromatic N) is 2. The van der Waals surface area contributed by atoms with Crippen LogP contribution >= 0.6 is 11.3 Å². The van der Waals surface area contributed by atoms with Gasteiger partial charge in [-0.25, -0.2) is 4.98 Å². The molecular weight excluding hydrogens is 547 g/mol. The summed E-state index contributed by atoms with van der Waals surface area (Å²) in [6.07, 6.45) is 10.2. The molecule has 3 aromatic heterocycles. The van der Waals surface area contributed by atoms with Crippen LogP contribution in [0.5, 0.6) is 0 Å². The third-order valence-corrected chi connectivity index (χ3v) is 8.54. The Labute approximate surface area is 257 Å². The van der Waals surface area contributed by atoms with Gasteiger partial charge in [0.15, 0.2) is 5.82 Å². The minimum Gasteiger partial charge on any atom is -0.337 e. The monoisotopic (exact) mass is 583 g/mol. The first-order valence-corrected chi connectivity index (χ1v) is 15.1. The quantitative estimate of drug-likeness (QED) is 0.140. The number of rotatable bonds is 11. The van der Waals surface area contributed by atoms with Crippen LogP contribution in [-0.2, 0) is 6.54 Å². The molecule has 3 heterocycles. The van der Waals surface area contributed by atoms with Crippen molar-refractivity contribution in [2.75, 3.05) is 6.54 Å². The molecule has 5 nitrogen and oxygen atoms in total. The number of benzene rings is 2. The molecule has 0 aliphatic carbocycles. The average molecular weight is 584 g/mol. The van der Waals surface area contributed by atoms with Gasteiger partial charge in [-0.3, -0.25) is 5.10 Å². The highest BCUT2D eigenvalue weighted by atomic mass is 32.1. The van der Waals surface area contributed by atoms with Gasteiger partial charge in [-0.2, -0.15) is 5.10 Å². The van der Waals surface area contributed by atoms with Crippen molar-refractivity contribution < 1.29 is 0 Å². The Hall–Kier alpha value is -4.78. The van der Waals surface area contributed by atoms with E-state index in [1.54, 1.807) is 11.3 Å². The summed E-state index contributed by atoms with van der Waals surface area (Å²) < 4.78 is 0. The summed E-state index contributed by atoms with van der Waals surface area (Å²) in [7, 11) is 0. The Morgan fingerprint density at radius 3 is 2.53 bits per heavy atom. The highest BCUT2D eigenvalue weighted by Gasteiger charge is 2.15. The fourth-order valence-corrected chi connectivity index (χ4v) is 5.87. The summed E-state index contributed by atoms with van der Waals surface area (Å²) >= 11 is 1.73. The van der Waals surface area contributed by atoms with Crippen LogP contribution in [0.1, 0.15) is 31.2 Å². The molecule has 43 heavy (non-hydrogen) atoms. The molecule has 5 rings (SSSR count). The van der Waals surface area contributed by atoms with Crippen LogP contribution in [0.3, 0.4) is 0 Å². The predicted octanol–water partition coefficient (Wildman–Crippen LogP) is 7.70. The fraction of sp³-hybridized carbons (Fsp3) is 0.135. The molecule has 0 fully saturated rings. The van der Waals surface area contributed by atoms with Gasteiger partial charge in [-0.05, 0) is 72.9 Å². The van der Waals surface area contributed by atoms with Crippen molar-refractivity contribution in [3.05, 3.63) is 136 Å². The maximum absolute atomic E-state index is 5.05. The number of aromatic nitrogens is 4. The molecule has 0 radical (unpaired) electrons. The van der Waals surface area contributed by atoms with Crippen molar-refractivity contribution in [1.29, 1.82) is 0 Å². The molecule has 0 saturated heterocycles. The molecule has 0 amide bonds. The Bertz CT molecular complexity index is 1980. The summed E-state index contributed by atoms with van der Waals surface area (Å²) in [5.41, 5.74) is 8.99. The zero-order valence-corrected chi connectivity index (χ0v) is 25.8. The van der Waals surface area contributed by atoms with Crippen molar-refractivity contribution >= 4 is 40.1 Å². The summed E-state index contributed by atoms with van der Waals surface area (Å²) in [6.45, 7) is 20.1. The zero-order chi connectivity index (χ0) is 30.3. The number of hydrogen-bond donors (Lipinski definition) is 3. The second-order valence-corrected chi connectivity index (χ2v) is 11.4. The molecule has 6 heteroatoms. The Balaban J connectivity index is 1.46. The summed E-state index contributed by atoms with van der Waals surface area (Å²) in [4.78, 5) is 10.9. The fourth-order valence-electron chi connectivity index (χ4n) is 4.91. The number of hydrogen-bond acceptors (Lipinski definition) is 4. The maximum Gasteiger partial charge on any atom is 0.159 e. The molecular formula is C37H37N5S. The summed E-state index contributed by atoms with van der Waals surface area (Å²) in [5.74, 6) is 0.706. The molecule has 0 atom stereocenters. The number of fused-ring (bicyclic) bond motifs is 1. The van der Waals surface area contributed by atoms with E-state index in [9.17, 15) is 0 Å². The summed E-state index contributed by atoms with van der Waals surface area (Å²) in [6, 6.07) is 20.9. The lowest BCUT2D eigenvalue weighted by Crippen LogP contribution is -2.24. The number of allylic oxidation sites excluding steroid dienone is 5. The zero-order valence-electron chi connectivity index (χ0n) is 25.0. The van der Waals surface area contributed by atoms with Crippen LogP contribution in [0, 0.1) is 0 Å². The van der Waals surface area contributed by atoms with Crippen LogP contribution in [0.4, 0.5) is 0 Å². The molecule has 2 aromatic carbocycles. The highest BCUT2D eigenvalue weighted by molar-refractivity contribution is 7.16. The topological polar surface area (TPSA) is 69.4 Å². The Kier molecular flexibility index (Phi) is 9.30. The van der Waals surface area contributed by atoms with Gasteiger partial charge in [-0.15, -0.1) is 11.3 Å². The van der Waals surface area contributed by atoms with Gasteiger partial charge < -0.3 is 10.3 Å². The first-order valence-electron chi connectivity index (χ1n) is 14.3. The smallest absolute Gasteiger partial charge is 0.159 e. The van der Waals surface area contributed by atoms with E-state index in [1.165, 1.54) is 10.4 Å². The van der Waals surface area contributed by atoms with Crippen LogP contribution < -0.4 is 15.9 Å². The van der Waals surface area contributed by atoms with E-state index in [4.69, 9.17) is 4.98 Å². The van der Waals surface area contributed by atoms with Crippen molar-refractivity contribution in [1.82, 2.24) is 25.5 Å². The Morgan fingerprint density at radius 2 is 1.84 bits per heavy atom. The van der Waals surface area contributed by atoms with Gasteiger partial charge in [0.1, 0.15) is 5.69 Å². The second-order valence-electron chi connectivity index (χ2n) is 10.3. The molecule has 0 bridgehead atoms. The first kappa shape index (κ1) is 29.7. The van der Waals surface area contributed by atoms with Crippen LogP contribution in [0.15, 0.2) is 115 Å². The van der Waals surface area contributed by atoms with E-state index in [2.05, 4.69) is 113 Å². The molecule has 0 saturated carbocycles. The second kappa shape index (κ2) is 13.5. The number of aromatic amines is 2. The van der Waals surface area contributed by atoms with Gasteiger partial charge in [0.2, 0.25) is 0 Å². The minimum atomic E-state index is 0.702. The number of H-pyrrole nitrogens is 2. The van der Waals surface area contributed by atoms with Gasteiger partial charge >= 0.3 is 0 Å². The van der Waals surface area contributed by atoms with E-state index in [1.807, 2.05) is 39.0 Å². The third kappa shape index (κ3) is 6.67. The van der Waals surface area contributed by atoms with Gasteiger partial charge in [0, 0.05) is 33.6 Å². The normalized spacial score (nSPS) is 13.2. The van der Waals surface area contributed by atoms with Crippen molar-refractivity contribution in [2.24, 2.45) is 0 Å². The molecule has 0 unspecified atom stereocenters. The average Bonchev–Trinajstić information content (AvgIpc) is 3.77. The van der Waals surface area contributed by atoms with Gasteiger partial charge in [0.05, 0.1) is 16.4 Å². The van der Waals surface area contributed by atoms with E-state index >= 15 is 0 Å². The van der Waals surface area contributed by atoms with Gasteiger partial charge in [-0.1, -0.05) is 86.5 Å². The molecule has 0 spiro atoms. The summed E-state index contributed by atoms with van der Waals surface area (Å²) in [5, 5.41) is 13.2. The third-order valence-electron chi connectivity index (χ3n) is 7.26. The largest absolute Gasteiger partial charge is 0.337 e. The number of para-hydroxylation sites is 1. The number of thiophene rings is 1.